The number of halogens is 1. The maximum Gasteiger partial charge on any atom is 0.343 e. The molecule has 0 saturated heterocycles. The van der Waals surface area contributed by atoms with E-state index in [9.17, 15) is 14.0 Å². The van der Waals surface area contributed by atoms with E-state index >= 15 is 0 Å². The predicted octanol–water partition coefficient (Wildman–Crippen LogP) is 1.74. The zero-order chi connectivity index (χ0) is 15.9. The lowest BCUT2D eigenvalue weighted by molar-refractivity contribution is 0.0514. The predicted molar refractivity (Wildman–Crippen MR) is 79.7 cm³/mol. The molecule has 2 N–H and O–H groups in total. The number of rotatable bonds is 4. The normalized spacial score (nSPS) is 14.3. The van der Waals surface area contributed by atoms with Crippen molar-refractivity contribution in [3.05, 3.63) is 51.2 Å². The van der Waals surface area contributed by atoms with E-state index in [2.05, 4.69) is 0 Å². The molecule has 1 aliphatic rings. The van der Waals surface area contributed by atoms with Gasteiger partial charge in [0.05, 0.1) is 5.52 Å². The number of fused-ring (bicyclic) bond motifs is 1. The summed E-state index contributed by atoms with van der Waals surface area (Å²) in [6.45, 7) is 1.99. The van der Waals surface area contributed by atoms with Gasteiger partial charge in [0.15, 0.2) is 0 Å². The Hall–Kier alpha value is -2.21. The molecule has 0 aromatic carbocycles. The number of aromatic nitrogens is 1. The van der Waals surface area contributed by atoms with E-state index in [1.165, 1.54) is 10.5 Å². The summed E-state index contributed by atoms with van der Waals surface area (Å²) < 4.78 is 19.8. The van der Waals surface area contributed by atoms with E-state index in [1.54, 1.807) is 13.0 Å². The molecule has 22 heavy (non-hydrogen) atoms. The highest BCUT2D eigenvalue weighted by Crippen LogP contribution is 2.42. The van der Waals surface area contributed by atoms with Gasteiger partial charge in [0, 0.05) is 12.7 Å². The maximum absolute atomic E-state index is 13.7. The number of aryl methyl sites for hydroxylation is 1. The van der Waals surface area contributed by atoms with Crippen molar-refractivity contribution < 1.29 is 13.9 Å². The highest BCUT2D eigenvalue weighted by Gasteiger charge is 2.29. The van der Waals surface area contributed by atoms with Gasteiger partial charge in [-0.25, -0.2) is 9.18 Å². The Morgan fingerprint density at radius 2 is 2.18 bits per heavy atom. The average molecular weight is 304 g/mol. The zero-order valence-electron chi connectivity index (χ0n) is 12.3. The lowest BCUT2D eigenvalue weighted by atomic mass is 10.0. The number of hydrogen-bond acceptors (Lipinski definition) is 4. The smallest absolute Gasteiger partial charge is 0.343 e. The van der Waals surface area contributed by atoms with Gasteiger partial charge in [-0.05, 0) is 48.9 Å². The van der Waals surface area contributed by atoms with Gasteiger partial charge in [-0.1, -0.05) is 0 Å². The van der Waals surface area contributed by atoms with Gasteiger partial charge in [-0.3, -0.25) is 9.20 Å². The topological polar surface area (TPSA) is 73.8 Å². The summed E-state index contributed by atoms with van der Waals surface area (Å²) in [7, 11) is 0. The van der Waals surface area contributed by atoms with Crippen molar-refractivity contribution in [3.8, 4) is 0 Å². The molecule has 6 heteroatoms. The van der Waals surface area contributed by atoms with Crippen molar-refractivity contribution >= 4 is 11.5 Å². The molecule has 0 amide bonds. The van der Waals surface area contributed by atoms with Crippen molar-refractivity contribution in [1.82, 2.24) is 4.40 Å². The third kappa shape index (κ3) is 2.50. The van der Waals surface area contributed by atoms with E-state index in [1.807, 2.05) is 0 Å². The molecular formula is C16H17FN2O3. The molecule has 2 aromatic heterocycles. The molecule has 3 rings (SSSR count). The van der Waals surface area contributed by atoms with Crippen LogP contribution in [-0.4, -0.2) is 23.5 Å². The van der Waals surface area contributed by atoms with E-state index in [-0.39, 0.29) is 18.7 Å². The van der Waals surface area contributed by atoms with Crippen LogP contribution in [0.5, 0.6) is 0 Å². The Morgan fingerprint density at radius 1 is 1.45 bits per heavy atom. The Labute approximate surface area is 126 Å². The summed E-state index contributed by atoms with van der Waals surface area (Å²) in [5.74, 6) is -0.921. The number of ether oxygens (including phenoxy) is 1. The van der Waals surface area contributed by atoms with Crippen LogP contribution in [0, 0.1) is 12.7 Å². The van der Waals surface area contributed by atoms with Crippen molar-refractivity contribution in [3.63, 3.8) is 0 Å². The van der Waals surface area contributed by atoms with Crippen LogP contribution in [0.2, 0.25) is 0 Å². The molecule has 0 radical (unpaired) electrons. The fraction of sp³-hybridized carbons (Fsp3) is 0.375. The maximum atomic E-state index is 13.7. The lowest BCUT2D eigenvalue weighted by Crippen LogP contribution is -2.26. The van der Waals surface area contributed by atoms with Gasteiger partial charge in [0.2, 0.25) is 0 Å². The van der Waals surface area contributed by atoms with Crippen LogP contribution < -0.4 is 11.3 Å². The minimum absolute atomic E-state index is 0.0436. The van der Waals surface area contributed by atoms with E-state index in [0.717, 1.165) is 24.6 Å². The first-order valence-electron chi connectivity index (χ1n) is 7.25. The molecule has 1 fully saturated rings. The second kappa shape index (κ2) is 5.53. The molecule has 0 unspecified atom stereocenters. The molecule has 0 spiro atoms. The molecular weight excluding hydrogens is 287 g/mol. The van der Waals surface area contributed by atoms with Crippen LogP contribution in [0.4, 0.5) is 4.39 Å². The van der Waals surface area contributed by atoms with Gasteiger partial charge in [0.1, 0.15) is 18.0 Å². The summed E-state index contributed by atoms with van der Waals surface area (Å²) in [6.07, 6.45) is 3.13. The van der Waals surface area contributed by atoms with Crippen molar-refractivity contribution in [1.29, 1.82) is 0 Å². The lowest BCUT2D eigenvalue weighted by Gasteiger charge is -2.12. The minimum Gasteiger partial charge on any atom is -0.461 e. The Balaban J connectivity index is 2.25. The first-order valence-corrected chi connectivity index (χ1v) is 7.25. The van der Waals surface area contributed by atoms with Crippen LogP contribution in [0.25, 0.3) is 5.52 Å². The Kier molecular flexibility index (Phi) is 3.70. The van der Waals surface area contributed by atoms with Gasteiger partial charge in [-0.15, -0.1) is 0 Å². The molecule has 1 saturated carbocycles. The second-order valence-corrected chi connectivity index (χ2v) is 5.58. The largest absolute Gasteiger partial charge is 0.461 e. The van der Waals surface area contributed by atoms with E-state index < -0.39 is 17.3 Å². The standard InChI is InChI=1S/C16H17FN2O3/c1-9-6-11(17)8-19-14(9)12(10-2-3-10)7-13(15(19)20)16(21)22-5-4-18/h6-8,10H,2-5,18H2,1H3. The second-order valence-electron chi connectivity index (χ2n) is 5.58. The molecule has 5 nitrogen and oxygen atoms in total. The number of carbonyl (C=O) groups is 1. The van der Waals surface area contributed by atoms with E-state index in [0.29, 0.717) is 17.0 Å². The highest BCUT2D eigenvalue weighted by atomic mass is 19.1. The first-order chi connectivity index (χ1) is 10.5. The summed E-state index contributed by atoms with van der Waals surface area (Å²) >= 11 is 0. The summed E-state index contributed by atoms with van der Waals surface area (Å²) in [4.78, 5) is 24.5. The summed E-state index contributed by atoms with van der Waals surface area (Å²) in [5, 5.41) is 0. The number of nitrogens with zero attached hydrogens (tertiary/aromatic N) is 1. The van der Waals surface area contributed by atoms with Crippen LogP contribution in [0.1, 0.15) is 40.2 Å². The van der Waals surface area contributed by atoms with Crippen molar-refractivity contribution in [2.75, 3.05) is 13.2 Å². The number of carbonyl (C=O) groups excluding carboxylic acids is 1. The van der Waals surface area contributed by atoms with Crippen LogP contribution in [0.3, 0.4) is 0 Å². The summed E-state index contributed by atoms with van der Waals surface area (Å²) in [6, 6.07) is 2.99. The number of esters is 1. The fourth-order valence-electron chi connectivity index (χ4n) is 2.71. The molecule has 2 aromatic rings. The number of nitrogens with two attached hydrogens (primary N) is 1. The highest BCUT2D eigenvalue weighted by molar-refractivity contribution is 5.90. The van der Waals surface area contributed by atoms with Gasteiger partial charge >= 0.3 is 5.97 Å². The number of pyridine rings is 2. The average Bonchev–Trinajstić information content (AvgIpc) is 3.30. The van der Waals surface area contributed by atoms with Crippen LogP contribution >= 0.6 is 0 Å². The zero-order valence-corrected chi connectivity index (χ0v) is 12.3. The van der Waals surface area contributed by atoms with Crippen LogP contribution in [0.15, 0.2) is 23.1 Å². The summed E-state index contributed by atoms with van der Waals surface area (Å²) in [5.41, 5.74) is 6.93. The Morgan fingerprint density at radius 3 is 2.82 bits per heavy atom. The molecule has 2 heterocycles. The number of hydrogen-bond donors (Lipinski definition) is 1. The van der Waals surface area contributed by atoms with Gasteiger partial charge in [-0.2, -0.15) is 0 Å². The molecule has 0 atom stereocenters. The van der Waals surface area contributed by atoms with Crippen LogP contribution in [-0.2, 0) is 4.74 Å². The molecule has 116 valence electrons. The van der Waals surface area contributed by atoms with Gasteiger partial charge in [0.25, 0.3) is 5.56 Å². The first kappa shape index (κ1) is 14.7. The van der Waals surface area contributed by atoms with Gasteiger partial charge < -0.3 is 10.5 Å². The monoisotopic (exact) mass is 304 g/mol. The Bertz CT molecular complexity index is 809. The molecule has 1 aliphatic carbocycles. The van der Waals surface area contributed by atoms with E-state index in [4.69, 9.17) is 10.5 Å². The fourth-order valence-corrected chi connectivity index (χ4v) is 2.71. The third-order valence-corrected chi connectivity index (χ3v) is 3.83. The minimum atomic E-state index is -0.714. The van der Waals surface area contributed by atoms with Crippen molar-refractivity contribution in [2.24, 2.45) is 5.73 Å². The SMILES string of the molecule is Cc1cc(F)cn2c(=O)c(C(=O)OCCN)cc(C3CC3)c12. The molecule has 0 bridgehead atoms. The molecule has 0 aliphatic heterocycles. The quantitative estimate of drug-likeness (QED) is 0.873. The third-order valence-electron chi connectivity index (χ3n) is 3.83. The van der Waals surface area contributed by atoms with Crippen molar-refractivity contribution in [2.45, 2.75) is 25.7 Å².